The van der Waals surface area contributed by atoms with Gasteiger partial charge in [0.15, 0.2) is 11.4 Å². The fraction of sp³-hybridized carbons (Fsp3) is 0.125. The van der Waals surface area contributed by atoms with Crippen molar-refractivity contribution in [2.45, 2.75) is 12.7 Å². The molecule has 2 heterocycles. The van der Waals surface area contributed by atoms with E-state index in [4.69, 9.17) is 0 Å². The quantitative estimate of drug-likeness (QED) is 0.773. The van der Waals surface area contributed by atoms with E-state index in [1.54, 1.807) is 22.9 Å². The lowest BCUT2D eigenvalue weighted by molar-refractivity contribution is -0.137. The highest BCUT2D eigenvalue weighted by Gasteiger charge is 2.34. The highest BCUT2D eigenvalue weighted by molar-refractivity contribution is 5.95. The molecule has 0 aliphatic carbocycles. The molecule has 0 bridgehead atoms. The lowest BCUT2D eigenvalue weighted by Crippen LogP contribution is -2.26. The Morgan fingerprint density at radius 2 is 1.96 bits per heavy atom. The van der Waals surface area contributed by atoms with E-state index in [2.05, 4.69) is 10.3 Å². The molecule has 24 heavy (non-hydrogen) atoms. The van der Waals surface area contributed by atoms with Crippen molar-refractivity contribution >= 4 is 11.6 Å². The van der Waals surface area contributed by atoms with Gasteiger partial charge >= 0.3 is 6.18 Å². The summed E-state index contributed by atoms with van der Waals surface area (Å²) in [7, 11) is 0. The standard InChI is InChI=1S/C16H12F3N3O2/c17-16(18,19)12-5-2-1-4-11(12)15(24)20-8-10-9-22-7-3-6-13(23)14(22)21-10/h1-7,9,23H,8H2,(H,20,24). The summed E-state index contributed by atoms with van der Waals surface area (Å²) in [6.45, 7) is -0.0633. The summed E-state index contributed by atoms with van der Waals surface area (Å²) in [4.78, 5) is 16.2. The molecule has 0 saturated carbocycles. The third-order valence-electron chi connectivity index (χ3n) is 3.42. The number of halogens is 3. The van der Waals surface area contributed by atoms with E-state index >= 15 is 0 Å². The fourth-order valence-electron chi connectivity index (χ4n) is 2.33. The van der Waals surface area contributed by atoms with Gasteiger partial charge in [-0.15, -0.1) is 0 Å². The number of amides is 1. The van der Waals surface area contributed by atoms with Gasteiger partial charge in [0.05, 0.1) is 23.4 Å². The molecular weight excluding hydrogens is 323 g/mol. The molecular formula is C16H12F3N3O2. The zero-order valence-electron chi connectivity index (χ0n) is 12.2. The van der Waals surface area contributed by atoms with Crippen LogP contribution in [0.15, 0.2) is 48.8 Å². The summed E-state index contributed by atoms with van der Waals surface area (Å²) < 4.78 is 40.4. The Hall–Kier alpha value is -3.03. The van der Waals surface area contributed by atoms with E-state index < -0.39 is 23.2 Å². The Kier molecular flexibility index (Phi) is 3.88. The maximum Gasteiger partial charge on any atom is 0.417 e. The van der Waals surface area contributed by atoms with Crippen molar-refractivity contribution in [1.82, 2.24) is 14.7 Å². The van der Waals surface area contributed by atoms with E-state index in [0.717, 1.165) is 12.1 Å². The normalized spacial score (nSPS) is 11.6. The van der Waals surface area contributed by atoms with E-state index in [0.29, 0.717) is 11.3 Å². The van der Waals surface area contributed by atoms with Gasteiger partial charge in [-0.1, -0.05) is 12.1 Å². The molecule has 0 spiro atoms. The lowest BCUT2D eigenvalue weighted by atomic mass is 10.1. The molecule has 3 aromatic rings. The maximum absolute atomic E-state index is 12.9. The van der Waals surface area contributed by atoms with E-state index in [9.17, 15) is 23.1 Å². The second kappa shape index (κ2) is 5.88. The minimum Gasteiger partial charge on any atom is -0.504 e. The number of alkyl halides is 3. The third-order valence-corrected chi connectivity index (χ3v) is 3.42. The van der Waals surface area contributed by atoms with Crippen LogP contribution in [0.5, 0.6) is 5.75 Å². The van der Waals surface area contributed by atoms with Crippen molar-refractivity contribution < 1.29 is 23.1 Å². The Morgan fingerprint density at radius 1 is 1.21 bits per heavy atom. The van der Waals surface area contributed by atoms with Crippen molar-refractivity contribution in [2.75, 3.05) is 0 Å². The molecule has 1 aromatic carbocycles. The average Bonchev–Trinajstić information content (AvgIpc) is 2.96. The highest BCUT2D eigenvalue weighted by Crippen LogP contribution is 2.31. The number of fused-ring (bicyclic) bond motifs is 1. The predicted octanol–water partition coefficient (Wildman–Crippen LogP) is 2.99. The number of benzene rings is 1. The van der Waals surface area contributed by atoms with Crippen LogP contribution >= 0.6 is 0 Å². The minimum atomic E-state index is -4.61. The Balaban J connectivity index is 1.79. The van der Waals surface area contributed by atoms with Crippen LogP contribution in [0.3, 0.4) is 0 Å². The van der Waals surface area contributed by atoms with Gasteiger partial charge in [0.1, 0.15) is 0 Å². The molecule has 0 aliphatic heterocycles. The number of rotatable bonds is 3. The molecule has 1 amide bonds. The molecule has 0 unspecified atom stereocenters. The van der Waals surface area contributed by atoms with Crippen molar-refractivity contribution in [3.05, 3.63) is 65.6 Å². The third kappa shape index (κ3) is 3.03. The Bertz CT molecular complexity index is 903. The van der Waals surface area contributed by atoms with Crippen LogP contribution < -0.4 is 5.32 Å². The van der Waals surface area contributed by atoms with Gasteiger partial charge in [0.25, 0.3) is 5.91 Å². The van der Waals surface area contributed by atoms with Gasteiger partial charge in [-0.05, 0) is 24.3 Å². The van der Waals surface area contributed by atoms with Gasteiger partial charge in [-0.3, -0.25) is 4.79 Å². The summed E-state index contributed by atoms with van der Waals surface area (Å²) in [6.07, 6.45) is -1.37. The molecule has 0 radical (unpaired) electrons. The summed E-state index contributed by atoms with van der Waals surface area (Å²) in [5, 5.41) is 12.1. The van der Waals surface area contributed by atoms with E-state index in [1.165, 1.54) is 18.2 Å². The zero-order chi connectivity index (χ0) is 17.3. The number of hydrogen-bond donors (Lipinski definition) is 2. The van der Waals surface area contributed by atoms with Gasteiger partial charge in [-0.2, -0.15) is 13.2 Å². The summed E-state index contributed by atoms with van der Waals surface area (Å²) in [5.41, 5.74) is -0.724. The maximum atomic E-state index is 12.9. The summed E-state index contributed by atoms with van der Waals surface area (Å²) >= 11 is 0. The van der Waals surface area contributed by atoms with Crippen molar-refractivity contribution in [2.24, 2.45) is 0 Å². The fourth-order valence-corrected chi connectivity index (χ4v) is 2.33. The molecule has 3 rings (SSSR count). The number of nitrogens with one attached hydrogen (secondary N) is 1. The minimum absolute atomic E-state index is 0.0301. The molecule has 0 aliphatic rings. The molecule has 0 fully saturated rings. The van der Waals surface area contributed by atoms with Crippen LogP contribution in [0, 0.1) is 0 Å². The van der Waals surface area contributed by atoms with Gasteiger partial charge in [0.2, 0.25) is 0 Å². The molecule has 0 atom stereocenters. The highest BCUT2D eigenvalue weighted by atomic mass is 19.4. The number of pyridine rings is 1. The topological polar surface area (TPSA) is 66.6 Å². The largest absolute Gasteiger partial charge is 0.504 e. The first kappa shape index (κ1) is 15.9. The van der Waals surface area contributed by atoms with Crippen LogP contribution in [-0.2, 0) is 12.7 Å². The predicted molar refractivity (Wildman–Crippen MR) is 79.5 cm³/mol. The molecule has 2 N–H and O–H groups in total. The van der Waals surface area contributed by atoms with Crippen LogP contribution in [0.25, 0.3) is 5.65 Å². The first-order valence-corrected chi connectivity index (χ1v) is 6.96. The first-order valence-electron chi connectivity index (χ1n) is 6.96. The molecule has 2 aromatic heterocycles. The number of carbonyl (C=O) groups excluding carboxylic acids is 1. The second-order valence-electron chi connectivity index (χ2n) is 5.08. The van der Waals surface area contributed by atoms with Crippen molar-refractivity contribution in [3.8, 4) is 5.75 Å². The van der Waals surface area contributed by atoms with Gasteiger partial charge < -0.3 is 14.8 Å². The number of nitrogens with zero attached hydrogens (tertiary/aromatic N) is 2. The van der Waals surface area contributed by atoms with Crippen LogP contribution in [0.2, 0.25) is 0 Å². The second-order valence-corrected chi connectivity index (χ2v) is 5.08. The first-order chi connectivity index (χ1) is 11.4. The smallest absolute Gasteiger partial charge is 0.417 e. The van der Waals surface area contributed by atoms with Gasteiger partial charge in [0, 0.05) is 12.4 Å². The van der Waals surface area contributed by atoms with Crippen LogP contribution in [0.1, 0.15) is 21.6 Å². The number of imidazole rings is 1. The number of aromatic hydroxyl groups is 1. The molecule has 124 valence electrons. The number of aromatic nitrogens is 2. The average molecular weight is 335 g/mol. The van der Waals surface area contributed by atoms with E-state index in [-0.39, 0.29) is 12.3 Å². The lowest BCUT2D eigenvalue weighted by Gasteiger charge is -2.12. The monoisotopic (exact) mass is 335 g/mol. The Morgan fingerprint density at radius 3 is 2.67 bits per heavy atom. The van der Waals surface area contributed by atoms with Crippen LogP contribution in [0.4, 0.5) is 13.2 Å². The Labute approximate surface area is 134 Å². The molecule has 5 nitrogen and oxygen atoms in total. The van der Waals surface area contributed by atoms with E-state index in [1.807, 2.05) is 0 Å². The zero-order valence-corrected chi connectivity index (χ0v) is 12.2. The number of hydrogen-bond acceptors (Lipinski definition) is 3. The summed E-state index contributed by atoms with van der Waals surface area (Å²) in [5.74, 6) is -0.873. The number of carbonyl (C=O) groups is 1. The van der Waals surface area contributed by atoms with Gasteiger partial charge in [-0.25, -0.2) is 4.98 Å². The molecule has 8 heteroatoms. The molecule has 0 saturated heterocycles. The van der Waals surface area contributed by atoms with Crippen LogP contribution in [-0.4, -0.2) is 20.4 Å². The SMILES string of the molecule is O=C(NCc1cn2cccc(O)c2n1)c1ccccc1C(F)(F)F. The van der Waals surface area contributed by atoms with Crippen molar-refractivity contribution in [1.29, 1.82) is 0 Å². The summed E-state index contributed by atoms with van der Waals surface area (Å²) in [6, 6.07) is 7.65. The van der Waals surface area contributed by atoms with Crippen molar-refractivity contribution in [3.63, 3.8) is 0 Å².